The highest BCUT2D eigenvalue weighted by Gasteiger charge is 2.37. The number of rotatable bonds is 4. The summed E-state index contributed by atoms with van der Waals surface area (Å²) in [6.45, 7) is 7.91. The van der Waals surface area contributed by atoms with E-state index in [0.717, 1.165) is 24.5 Å². The van der Waals surface area contributed by atoms with Crippen molar-refractivity contribution in [2.45, 2.75) is 32.7 Å². The number of aromatic nitrogens is 2. The molecule has 1 aromatic carbocycles. The Morgan fingerprint density at radius 3 is 2.58 bits per heavy atom. The molecule has 1 fully saturated rings. The molecule has 0 saturated carbocycles. The van der Waals surface area contributed by atoms with Crippen LogP contribution in [0.25, 0.3) is 0 Å². The lowest BCUT2D eigenvalue weighted by Crippen LogP contribution is -2.36. The zero-order valence-corrected chi connectivity index (χ0v) is 14.6. The molecule has 3 rings (SSSR count). The van der Waals surface area contributed by atoms with Gasteiger partial charge in [-0.1, -0.05) is 30.3 Å². The third kappa shape index (κ3) is 3.08. The van der Waals surface area contributed by atoms with Gasteiger partial charge in [-0.05, 0) is 44.9 Å². The molecule has 0 spiro atoms. The van der Waals surface area contributed by atoms with Crippen LogP contribution in [0.1, 0.15) is 35.8 Å². The van der Waals surface area contributed by atoms with Crippen LogP contribution in [0.5, 0.6) is 0 Å². The number of carbonyl (C=O) groups is 1. The number of aryl methyl sites for hydroxylation is 2. The van der Waals surface area contributed by atoms with Gasteiger partial charge >= 0.3 is 0 Å². The van der Waals surface area contributed by atoms with Crippen molar-refractivity contribution in [2.24, 2.45) is 11.7 Å². The van der Waals surface area contributed by atoms with Crippen LogP contribution in [0.2, 0.25) is 0 Å². The Morgan fingerprint density at radius 2 is 2.00 bits per heavy atom. The minimum absolute atomic E-state index is 0.123. The Morgan fingerprint density at radius 1 is 1.29 bits per heavy atom. The van der Waals surface area contributed by atoms with Crippen molar-refractivity contribution in [3.8, 4) is 0 Å². The standard InChI is InChI=1S/C19H26N4O/c1-13-9-14(2)23(21-13)15(3)19(24)22-11-17(10-20)18(12-22)16-7-5-4-6-8-16/h4-9,15,17-18H,10-12,20H2,1-3H3/t15?,17-,18+/m1/s1. The molecule has 24 heavy (non-hydrogen) atoms. The molecular formula is C19H26N4O. The first kappa shape index (κ1) is 16.7. The Kier molecular flexibility index (Phi) is 4.71. The summed E-state index contributed by atoms with van der Waals surface area (Å²) in [5.41, 5.74) is 9.21. The predicted molar refractivity (Wildman–Crippen MR) is 94.7 cm³/mol. The van der Waals surface area contributed by atoms with Gasteiger partial charge in [-0.15, -0.1) is 0 Å². The number of amides is 1. The van der Waals surface area contributed by atoms with Gasteiger partial charge in [0.1, 0.15) is 6.04 Å². The van der Waals surface area contributed by atoms with Crippen LogP contribution in [-0.2, 0) is 4.79 Å². The first-order chi connectivity index (χ1) is 11.5. The maximum atomic E-state index is 13.0. The number of carbonyl (C=O) groups excluding carboxylic acids is 1. The molecule has 5 nitrogen and oxygen atoms in total. The fourth-order valence-electron chi connectivity index (χ4n) is 3.77. The van der Waals surface area contributed by atoms with E-state index < -0.39 is 0 Å². The summed E-state index contributed by atoms with van der Waals surface area (Å²) >= 11 is 0. The molecule has 0 aliphatic carbocycles. The average molecular weight is 326 g/mol. The molecule has 1 aliphatic heterocycles. The first-order valence-corrected chi connectivity index (χ1v) is 8.57. The zero-order chi connectivity index (χ0) is 17.3. The second kappa shape index (κ2) is 6.77. The summed E-state index contributed by atoms with van der Waals surface area (Å²) in [7, 11) is 0. The Hall–Kier alpha value is -2.14. The Labute approximate surface area is 143 Å². The van der Waals surface area contributed by atoms with Crippen molar-refractivity contribution in [1.29, 1.82) is 0 Å². The number of hydrogen-bond acceptors (Lipinski definition) is 3. The lowest BCUT2D eigenvalue weighted by atomic mass is 9.89. The van der Waals surface area contributed by atoms with Crippen molar-refractivity contribution in [2.75, 3.05) is 19.6 Å². The third-order valence-corrected chi connectivity index (χ3v) is 5.05. The van der Waals surface area contributed by atoms with E-state index >= 15 is 0 Å². The molecule has 1 saturated heterocycles. The van der Waals surface area contributed by atoms with Crippen LogP contribution in [0.3, 0.4) is 0 Å². The monoisotopic (exact) mass is 326 g/mol. The fraction of sp³-hybridized carbons (Fsp3) is 0.474. The van der Waals surface area contributed by atoms with Crippen molar-refractivity contribution < 1.29 is 4.79 Å². The Bertz CT molecular complexity index is 709. The molecule has 5 heteroatoms. The summed E-state index contributed by atoms with van der Waals surface area (Å²) in [4.78, 5) is 14.9. The van der Waals surface area contributed by atoms with Crippen LogP contribution < -0.4 is 5.73 Å². The molecule has 2 aromatic rings. The van der Waals surface area contributed by atoms with Crippen molar-refractivity contribution in [3.63, 3.8) is 0 Å². The van der Waals surface area contributed by atoms with E-state index in [1.807, 2.05) is 54.6 Å². The van der Waals surface area contributed by atoms with Crippen molar-refractivity contribution in [3.05, 3.63) is 53.3 Å². The number of benzene rings is 1. The number of likely N-dealkylation sites (tertiary alicyclic amines) is 1. The molecule has 1 aliphatic rings. The third-order valence-electron chi connectivity index (χ3n) is 5.05. The second-order valence-electron chi connectivity index (χ2n) is 6.80. The molecule has 0 radical (unpaired) electrons. The first-order valence-electron chi connectivity index (χ1n) is 8.57. The van der Waals surface area contributed by atoms with Crippen LogP contribution in [0, 0.1) is 19.8 Å². The minimum Gasteiger partial charge on any atom is -0.340 e. The van der Waals surface area contributed by atoms with Gasteiger partial charge in [-0.3, -0.25) is 9.48 Å². The summed E-state index contributed by atoms with van der Waals surface area (Å²) < 4.78 is 1.82. The van der Waals surface area contributed by atoms with Crippen LogP contribution >= 0.6 is 0 Å². The number of nitrogens with zero attached hydrogens (tertiary/aromatic N) is 3. The highest BCUT2D eigenvalue weighted by Crippen LogP contribution is 2.33. The van der Waals surface area contributed by atoms with Crippen LogP contribution in [0.4, 0.5) is 0 Å². The summed E-state index contributed by atoms with van der Waals surface area (Å²) in [5.74, 6) is 0.745. The van der Waals surface area contributed by atoms with E-state index in [0.29, 0.717) is 18.4 Å². The van der Waals surface area contributed by atoms with Crippen LogP contribution in [-0.4, -0.2) is 40.2 Å². The van der Waals surface area contributed by atoms with Gasteiger partial charge in [-0.25, -0.2) is 0 Å². The van der Waals surface area contributed by atoms with Gasteiger partial charge < -0.3 is 10.6 Å². The maximum absolute atomic E-state index is 13.0. The van der Waals surface area contributed by atoms with E-state index in [1.165, 1.54) is 5.56 Å². The van der Waals surface area contributed by atoms with Gasteiger partial charge in [0.25, 0.3) is 0 Å². The molecule has 2 N–H and O–H groups in total. The maximum Gasteiger partial charge on any atom is 0.247 e. The van der Waals surface area contributed by atoms with E-state index in [1.54, 1.807) is 0 Å². The van der Waals surface area contributed by atoms with Gasteiger partial charge in [-0.2, -0.15) is 5.10 Å². The van der Waals surface area contributed by atoms with E-state index in [4.69, 9.17) is 5.73 Å². The van der Waals surface area contributed by atoms with Crippen molar-refractivity contribution >= 4 is 5.91 Å². The fourth-order valence-corrected chi connectivity index (χ4v) is 3.77. The lowest BCUT2D eigenvalue weighted by Gasteiger charge is -2.22. The van der Waals surface area contributed by atoms with E-state index in [9.17, 15) is 4.79 Å². The Balaban J connectivity index is 1.78. The highest BCUT2D eigenvalue weighted by molar-refractivity contribution is 5.80. The topological polar surface area (TPSA) is 64.2 Å². The number of nitrogens with two attached hydrogens (primary N) is 1. The van der Waals surface area contributed by atoms with E-state index in [-0.39, 0.29) is 11.9 Å². The van der Waals surface area contributed by atoms with Gasteiger partial charge in [0.15, 0.2) is 0 Å². The minimum atomic E-state index is -0.286. The molecule has 2 heterocycles. The van der Waals surface area contributed by atoms with Gasteiger partial charge in [0.05, 0.1) is 5.69 Å². The smallest absolute Gasteiger partial charge is 0.247 e. The normalized spacial score (nSPS) is 21.9. The molecule has 0 bridgehead atoms. The lowest BCUT2D eigenvalue weighted by molar-refractivity contribution is -0.133. The summed E-state index contributed by atoms with van der Waals surface area (Å²) in [5, 5.41) is 4.46. The zero-order valence-electron chi connectivity index (χ0n) is 14.6. The molecule has 1 aromatic heterocycles. The number of hydrogen-bond donors (Lipinski definition) is 1. The van der Waals surface area contributed by atoms with E-state index in [2.05, 4.69) is 17.2 Å². The summed E-state index contributed by atoms with van der Waals surface area (Å²) in [6.07, 6.45) is 0. The van der Waals surface area contributed by atoms with Gasteiger partial charge in [0.2, 0.25) is 5.91 Å². The average Bonchev–Trinajstić information content (AvgIpc) is 3.17. The molecule has 1 unspecified atom stereocenters. The molecular weight excluding hydrogens is 300 g/mol. The second-order valence-corrected chi connectivity index (χ2v) is 6.80. The predicted octanol–water partition coefficient (Wildman–Crippen LogP) is 2.26. The summed E-state index contributed by atoms with van der Waals surface area (Å²) in [6, 6.07) is 12.1. The largest absolute Gasteiger partial charge is 0.340 e. The highest BCUT2D eigenvalue weighted by atomic mass is 16.2. The quantitative estimate of drug-likeness (QED) is 0.937. The SMILES string of the molecule is Cc1cc(C)n(C(C)C(=O)N2C[C@@H](CN)[C@H](c3ccccc3)C2)n1. The molecule has 128 valence electrons. The van der Waals surface area contributed by atoms with Crippen molar-refractivity contribution in [1.82, 2.24) is 14.7 Å². The van der Waals surface area contributed by atoms with Crippen LogP contribution in [0.15, 0.2) is 36.4 Å². The molecule has 1 amide bonds. The molecule has 3 atom stereocenters. The van der Waals surface area contributed by atoms with Gasteiger partial charge in [0, 0.05) is 24.7 Å².